The normalized spacial score (nSPS) is 10.2. The zero-order chi connectivity index (χ0) is 16.2. The highest BCUT2D eigenvalue weighted by atomic mass is 16.4. The van der Waals surface area contributed by atoms with E-state index in [0.29, 0.717) is 12.2 Å². The van der Waals surface area contributed by atoms with Gasteiger partial charge in [-0.1, -0.05) is 12.1 Å². The number of aliphatic carboxylic acids is 2. The number of hydrogen-bond acceptors (Lipinski definition) is 4. The summed E-state index contributed by atoms with van der Waals surface area (Å²) in [5.41, 5.74) is 1.89. The Hall–Kier alpha value is -3.28. The summed E-state index contributed by atoms with van der Waals surface area (Å²) >= 11 is 0. The Balaban J connectivity index is 0.000000261. The summed E-state index contributed by atoms with van der Waals surface area (Å²) in [5.74, 6) is -2.51. The molecule has 0 bridgehead atoms. The Bertz CT molecular complexity index is 595. The van der Waals surface area contributed by atoms with Crippen LogP contribution in [0.5, 0.6) is 0 Å². The summed E-state index contributed by atoms with van der Waals surface area (Å²) in [6.07, 6.45) is 8.56. The molecule has 0 atom stereocenters. The summed E-state index contributed by atoms with van der Waals surface area (Å²) in [6, 6.07) is 11.6. The molecule has 2 heterocycles. The van der Waals surface area contributed by atoms with Crippen LogP contribution in [0.25, 0.3) is 12.2 Å². The van der Waals surface area contributed by atoms with Crippen LogP contribution in [-0.4, -0.2) is 32.1 Å². The molecule has 0 unspecified atom stereocenters. The average Bonchev–Trinajstić information content (AvgIpc) is 2.54. The number of aromatic nitrogens is 2. The Morgan fingerprint density at radius 3 is 1.45 bits per heavy atom. The molecule has 6 heteroatoms. The first-order valence-corrected chi connectivity index (χ1v) is 6.22. The summed E-state index contributed by atoms with van der Waals surface area (Å²) in [6.45, 7) is 0. The third-order valence-corrected chi connectivity index (χ3v) is 2.17. The van der Waals surface area contributed by atoms with Gasteiger partial charge < -0.3 is 10.2 Å². The van der Waals surface area contributed by atoms with Crippen molar-refractivity contribution in [1.82, 2.24) is 9.97 Å². The number of carboxylic acids is 2. The van der Waals surface area contributed by atoms with Gasteiger partial charge in [-0.15, -0.1) is 0 Å². The van der Waals surface area contributed by atoms with Crippen molar-refractivity contribution in [1.29, 1.82) is 0 Å². The molecule has 2 aromatic rings. The fourth-order valence-corrected chi connectivity index (χ4v) is 1.26. The highest BCUT2D eigenvalue weighted by Crippen LogP contribution is 2.02. The number of nitrogens with zero attached hydrogens (tertiary/aromatic N) is 2. The highest BCUT2D eigenvalue weighted by molar-refractivity contribution is 5.89. The first kappa shape index (κ1) is 16.8. The predicted molar refractivity (Wildman–Crippen MR) is 81.8 cm³/mol. The quantitative estimate of drug-likeness (QED) is 0.840. The fourth-order valence-electron chi connectivity index (χ4n) is 1.26. The molecule has 0 aliphatic carbocycles. The van der Waals surface area contributed by atoms with Gasteiger partial charge in [-0.25, -0.2) is 9.59 Å². The second kappa shape index (κ2) is 9.60. The lowest BCUT2D eigenvalue weighted by atomic mass is 10.3. The number of rotatable bonds is 4. The molecular formula is C16H14N2O4. The van der Waals surface area contributed by atoms with Gasteiger partial charge in [0.2, 0.25) is 0 Å². The molecule has 6 nitrogen and oxygen atoms in total. The molecule has 2 aromatic heterocycles. The van der Waals surface area contributed by atoms with Crippen LogP contribution in [0.15, 0.2) is 60.9 Å². The van der Waals surface area contributed by atoms with Gasteiger partial charge in [0.25, 0.3) is 0 Å². The van der Waals surface area contributed by atoms with E-state index in [1.54, 1.807) is 12.4 Å². The molecule has 2 rings (SSSR count). The molecule has 0 radical (unpaired) electrons. The smallest absolute Gasteiger partial charge is 0.328 e. The number of hydrogen-bond donors (Lipinski definition) is 2. The molecular weight excluding hydrogens is 284 g/mol. The van der Waals surface area contributed by atoms with Crippen molar-refractivity contribution in [3.8, 4) is 0 Å². The van der Waals surface area contributed by atoms with E-state index < -0.39 is 11.9 Å². The van der Waals surface area contributed by atoms with Gasteiger partial charge in [-0.05, 0) is 36.4 Å². The molecule has 22 heavy (non-hydrogen) atoms. The topological polar surface area (TPSA) is 100 Å². The van der Waals surface area contributed by atoms with E-state index in [-0.39, 0.29) is 0 Å². The van der Waals surface area contributed by atoms with Crippen LogP contribution in [-0.2, 0) is 9.59 Å². The van der Waals surface area contributed by atoms with Crippen LogP contribution in [0.1, 0.15) is 11.4 Å². The standard InChI is InChI=1S/C12H10N2.C4H4O4/c1-3-9-13-11(5-1)7-8-12-6-2-4-10-14-12;5-3(6)1-2-4(7)8/h1-10H;1-2H,(H,5,6)(H,7,8)/b8-7+;2-1+. The monoisotopic (exact) mass is 298 g/mol. The second-order valence-corrected chi connectivity index (χ2v) is 3.85. The minimum Gasteiger partial charge on any atom is -0.478 e. The summed E-state index contributed by atoms with van der Waals surface area (Å²) < 4.78 is 0. The Morgan fingerprint density at radius 2 is 1.18 bits per heavy atom. The minimum absolute atomic E-state index is 0.558. The molecule has 0 saturated heterocycles. The highest BCUT2D eigenvalue weighted by Gasteiger charge is 1.88. The van der Waals surface area contributed by atoms with Gasteiger partial charge in [0.1, 0.15) is 0 Å². The first-order chi connectivity index (χ1) is 10.6. The largest absolute Gasteiger partial charge is 0.478 e. The maximum Gasteiger partial charge on any atom is 0.328 e. The van der Waals surface area contributed by atoms with E-state index in [4.69, 9.17) is 10.2 Å². The molecule has 112 valence electrons. The number of carboxylic acid groups (broad SMARTS) is 2. The van der Waals surface area contributed by atoms with Crippen LogP contribution < -0.4 is 0 Å². The third kappa shape index (κ3) is 8.00. The van der Waals surface area contributed by atoms with Crippen LogP contribution >= 0.6 is 0 Å². The molecule has 0 aromatic carbocycles. The predicted octanol–water partition coefficient (Wildman–Crippen LogP) is 2.36. The van der Waals surface area contributed by atoms with Gasteiger partial charge >= 0.3 is 11.9 Å². The number of pyridine rings is 2. The lowest BCUT2D eigenvalue weighted by Gasteiger charge is -1.91. The van der Waals surface area contributed by atoms with Crippen molar-refractivity contribution in [2.24, 2.45) is 0 Å². The Labute approximate surface area is 127 Å². The zero-order valence-electron chi connectivity index (χ0n) is 11.5. The van der Waals surface area contributed by atoms with Crippen molar-refractivity contribution in [3.63, 3.8) is 0 Å². The second-order valence-electron chi connectivity index (χ2n) is 3.85. The summed E-state index contributed by atoms with van der Waals surface area (Å²) in [7, 11) is 0. The fraction of sp³-hybridized carbons (Fsp3) is 0. The van der Waals surface area contributed by atoms with E-state index in [2.05, 4.69) is 9.97 Å². The van der Waals surface area contributed by atoms with Gasteiger partial charge in [-0.3, -0.25) is 9.97 Å². The van der Waals surface area contributed by atoms with E-state index in [1.807, 2.05) is 48.6 Å². The van der Waals surface area contributed by atoms with Crippen molar-refractivity contribution < 1.29 is 19.8 Å². The van der Waals surface area contributed by atoms with Crippen LogP contribution in [0.2, 0.25) is 0 Å². The van der Waals surface area contributed by atoms with Crippen molar-refractivity contribution in [2.75, 3.05) is 0 Å². The first-order valence-electron chi connectivity index (χ1n) is 6.22. The van der Waals surface area contributed by atoms with Crippen molar-refractivity contribution in [2.45, 2.75) is 0 Å². The minimum atomic E-state index is -1.26. The lowest BCUT2D eigenvalue weighted by molar-refractivity contribution is -0.134. The van der Waals surface area contributed by atoms with E-state index >= 15 is 0 Å². The SMILES string of the molecule is C(=C\c1ccccn1)/c1ccccn1.O=C(O)/C=C/C(=O)O. The zero-order valence-corrected chi connectivity index (χ0v) is 11.5. The molecule has 0 saturated carbocycles. The molecule has 0 fully saturated rings. The maximum atomic E-state index is 9.55. The van der Waals surface area contributed by atoms with E-state index in [0.717, 1.165) is 11.4 Å². The lowest BCUT2D eigenvalue weighted by Crippen LogP contribution is -1.91. The van der Waals surface area contributed by atoms with E-state index in [9.17, 15) is 9.59 Å². The van der Waals surface area contributed by atoms with Gasteiger partial charge in [0.05, 0.1) is 11.4 Å². The molecule has 0 spiro atoms. The maximum absolute atomic E-state index is 9.55. The van der Waals surface area contributed by atoms with Crippen LogP contribution in [0.4, 0.5) is 0 Å². The molecule has 0 aliphatic heterocycles. The van der Waals surface area contributed by atoms with E-state index in [1.165, 1.54) is 0 Å². The van der Waals surface area contributed by atoms with Gasteiger partial charge in [0.15, 0.2) is 0 Å². The van der Waals surface area contributed by atoms with Crippen LogP contribution in [0, 0.1) is 0 Å². The van der Waals surface area contributed by atoms with Crippen molar-refractivity contribution in [3.05, 3.63) is 72.3 Å². The molecule has 0 aliphatic rings. The van der Waals surface area contributed by atoms with Crippen molar-refractivity contribution >= 4 is 24.1 Å². The summed E-state index contributed by atoms with van der Waals surface area (Å²) in [5, 5.41) is 15.6. The Kier molecular flexibility index (Phi) is 7.32. The Morgan fingerprint density at radius 1 is 0.773 bits per heavy atom. The number of carbonyl (C=O) groups is 2. The van der Waals surface area contributed by atoms with Gasteiger partial charge in [0, 0.05) is 24.5 Å². The summed E-state index contributed by atoms with van der Waals surface area (Å²) in [4.78, 5) is 27.5. The third-order valence-electron chi connectivity index (χ3n) is 2.17. The van der Waals surface area contributed by atoms with Gasteiger partial charge in [-0.2, -0.15) is 0 Å². The molecule has 0 amide bonds. The van der Waals surface area contributed by atoms with Crippen LogP contribution in [0.3, 0.4) is 0 Å². The average molecular weight is 298 g/mol. The molecule has 2 N–H and O–H groups in total.